The Morgan fingerprint density at radius 3 is 2.59 bits per heavy atom. The Balaban J connectivity index is 2.37. The van der Waals surface area contributed by atoms with Crippen molar-refractivity contribution in [3.05, 3.63) is 22.7 Å². The Morgan fingerprint density at radius 2 is 2.12 bits per heavy atom. The summed E-state index contributed by atoms with van der Waals surface area (Å²) >= 11 is 6.31. The highest BCUT2D eigenvalue weighted by Gasteiger charge is 2.38. The predicted molar refractivity (Wildman–Crippen MR) is 52.1 cm³/mol. The molecule has 2 heterocycles. The van der Waals surface area contributed by atoms with Crippen molar-refractivity contribution in [3.63, 3.8) is 0 Å². The van der Waals surface area contributed by atoms with Crippen LogP contribution in [0.2, 0.25) is 0 Å². The van der Waals surface area contributed by atoms with Crippen molar-refractivity contribution >= 4 is 22.9 Å². The van der Waals surface area contributed by atoms with Gasteiger partial charge in [-0.3, -0.25) is 0 Å². The minimum absolute atomic E-state index is 0.0690. The van der Waals surface area contributed by atoms with Crippen LogP contribution in [0.15, 0.2) is 10.6 Å². The van der Waals surface area contributed by atoms with Gasteiger partial charge in [-0.05, 0) is 6.07 Å². The molecule has 17 heavy (non-hydrogen) atoms. The Bertz CT molecular complexity index is 536. The number of rotatable bonds is 2. The van der Waals surface area contributed by atoms with Crippen molar-refractivity contribution < 1.29 is 22.1 Å². The summed E-state index contributed by atoms with van der Waals surface area (Å²) in [5, 5.41) is 3.14. The second-order valence-corrected chi connectivity index (χ2v) is 4.34. The van der Waals surface area contributed by atoms with Crippen molar-refractivity contribution in [2.75, 3.05) is 0 Å². The van der Waals surface area contributed by atoms with E-state index in [0.717, 1.165) is 17.4 Å². The van der Waals surface area contributed by atoms with Crippen LogP contribution >= 0.6 is 22.9 Å². The third-order valence-electron chi connectivity index (χ3n) is 1.77. The zero-order valence-electron chi connectivity index (χ0n) is 7.89. The van der Waals surface area contributed by atoms with Gasteiger partial charge in [0.05, 0.1) is 15.6 Å². The molecule has 2 aromatic rings. The van der Waals surface area contributed by atoms with Crippen molar-refractivity contribution in [3.8, 4) is 10.7 Å². The summed E-state index contributed by atoms with van der Waals surface area (Å²) in [6, 6.07) is 1.02. The maximum absolute atomic E-state index is 13.2. The summed E-state index contributed by atoms with van der Waals surface area (Å²) in [5.41, 5.74) is 0. The van der Waals surface area contributed by atoms with Crippen molar-refractivity contribution in [1.29, 1.82) is 0 Å². The van der Waals surface area contributed by atoms with Gasteiger partial charge in [-0.25, -0.2) is 4.39 Å². The van der Waals surface area contributed by atoms with Crippen LogP contribution < -0.4 is 0 Å². The van der Waals surface area contributed by atoms with Crippen LogP contribution in [0.5, 0.6) is 0 Å². The lowest BCUT2D eigenvalue weighted by Gasteiger charge is -1.95. The van der Waals surface area contributed by atoms with Gasteiger partial charge < -0.3 is 4.52 Å². The van der Waals surface area contributed by atoms with E-state index >= 15 is 0 Å². The summed E-state index contributed by atoms with van der Waals surface area (Å²) in [7, 11) is 0. The zero-order chi connectivity index (χ0) is 12.6. The average molecular weight is 287 g/mol. The average Bonchev–Trinajstić information content (AvgIpc) is 2.82. The minimum Gasteiger partial charge on any atom is -0.329 e. The molecule has 0 aliphatic carbocycles. The smallest absolute Gasteiger partial charge is 0.329 e. The van der Waals surface area contributed by atoms with Gasteiger partial charge in [0.25, 0.3) is 0 Å². The van der Waals surface area contributed by atoms with Crippen LogP contribution in [0.25, 0.3) is 10.7 Å². The third kappa shape index (κ3) is 2.42. The first-order valence-electron chi connectivity index (χ1n) is 4.17. The van der Waals surface area contributed by atoms with Gasteiger partial charge in [-0.2, -0.15) is 18.2 Å². The van der Waals surface area contributed by atoms with Crippen molar-refractivity contribution in [1.82, 2.24) is 10.1 Å². The van der Waals surface area contributed by atoms with E-state index in [2.05, 4.69) is 14.7 Å². The van der Waals surface area contributed by atoms with Gasteiger partial charge in [-0.1, -0.05) is 5.16 Å². The Kier molecular flexibility index (Phi) is 3.09. The first kappa shape index (κ1) is 12.3. The van der Waals surface area contributed by atoms with Crippen molar-refractivity contribution in [2.45, 2.75) is 12.1 Å². The second-order valence-electron chi connectivity index (χ2n) is 2.94. The van der Waals surface area contributed by atoms with Crippen LogP contribution in [0.4, 0.5) is 17.6 Å². The van der Waals surface area contributed by atoms with Gasteiger partial charge in [0, 0.05) is 0 Å². The van der Waals surface area contributed by atoms with E-state index in [1.54, 1.807) is 0 Å². The molecule has 0 radical (unpaired) electrons. The molecule has 0 saturated heterocycles. The maximum atomic E-state index is 13.2. The molecule has 0 fully saturated rings. The molecule has 0 atom stereocenters. The fourth-order valence-corrected chi connectivity index (χ4v) is 2.15. The standard InChI is InChI=1S/C8H3ClF4N2OS/c9-2-5-3(10)1-4(17-5)6-14-7(16-15-6)8(11,12)13/h1H,2H2. The van der Waals surface area contributed by atoms with E-state index in [1.165, 1.54) is 0 Å². The monoisotopic (exact) mass is 286 g/mol. The van der Waals surface area contributed by atoms with E-state index in [4.69, 9.17) is 11.6 Å². The highest BCUT2D eigenvalue weighted by atomic mass is 35.5. The summed E-state index contributed by atoms with van der Waals surface area (Å²) < 4.78 is 53.7. The Hall–Kier alpha value is -1.15. The molecule has 0 bridgehead atoms. The highest BCUT2D eigenvalue weighted by Crippen LogP contribution is 2.33. The molecule has 0 aromatic carbocycles. The molecular weight excluding hydrogens is 284 g/mol. The van der Waals surface area contributed by atoms with Gasteiger partial charge in [0.15, 0.2) is 0 Å². The molecule has 0 amide bonds. The lowest BCUT2D eigenvalue weighted by molar-refractivity contribution is -0.159. The van der Waals surface area contributed by atoms with Crippen LogP contribution in [-0.2, 0) is 12.1 Å². The van der Waals surface area contributed by atoms with Crippen LogP contribution in [0, 0.1) is 5.82 Å². The molecule has 0 saturated carbocycles. The van der Waals surface area contributed by atoms with Gasteiger partial charge in [0.2, 0.25) is 5.82 Å². The van der Waals surface area contributed by atoms with Gasteiger partial charge in [0.1, 0.15) is 5.82 Å². The van der Waals surface area contributed by atoms with Crippen LogP contribution in [0.3, 0.4) is 0 Å². The summed E-state index contributed by atoms with van der Waals surface area (Å²) in [6.07, 6.45) is -4.71. The first-order chi connectivity index (χ1) is 7.91. The molecule has 0 unspecified atom stereocenters. The molecule has 2 aromatic heterocycles. The molecule has 0 N–H and O–H groups in total. The SMILES string of the molecule is Fc1cc(-c2noc(C(F)(F)F)n2)sc1CCl. The van der Waals surface area contributed by atoms with E-state index in [9.17, 15) is 17.6 Å². The first-order valence-corrected chi connectivity index (χ1v) is 5.52. The fourth-order valence-electron chi connectivity index (χ4n) is 1.05. The van der Waals surface area contributed by atoms with Crippen LogP contribution in [-0.4, -0.2) is 10.1 Å². The summed E-state index contributed by atoms with van der Waals surface area (Å²) in [4.78, 5) is 3.48. The molecule has 92 valence electrons. The Labute approximate surface area is 101 Å². The Morgan fingerprint density at radius 1 is 1.41 bits per heavy atom. The molecule has 2 rings (SSSR count). The number of halogens is 5. The van der Waals surface area contributed by atoms with Gasteiger partial charge in [-0.15, -0.1) is 22.9 Å². The lowest BCUT2D eigenvalue weighted by Crippen LogP contribution is -2.04. The van der Waals surface area contributed by atoms with E-state index in [0.29, 0.717) is 0 Å². The number of hydrogen-bond acceptors (Lipinski definition) is 4. The molecular formula is C8H3ClF4N2OS. The van der Waals surface area contributed by atoms with E-state index in [1.807, 2.05) is 0 Å². The number of hydrogen-bond donors (Lipinski definition) is 0. The summed E-state index contributed by atoms with van der Waals surface area (Å²) in [6.45, 7) is 0. The molecule has 0 aliphatic rings. The minimum atomic E-state index is -4.71. The molecule has 0 aliphatic heterocycles. The van der Waals surface area contributed by atoms with Crippen molar-refractivity contribution in [2.24, 2.45) is 0 Å². The predicted octanol–water partition coefficient (Wildman–Crippen LogP) is 3.69. The van der Waals surface area contributed by atoms with E-state index in [-0.39, 0.29) is 21.5 Å². The lowest BCUT2D eigenvalue weighted by atomic mass is 10.4. The number of alkyl halides is 4. The van der Waals surface area contributed by atoms with E-state index < -0.39 is 17.9 Å². The molecule has 0 spiro atoms. The quantitative estimate of drug-likeness (QED) is 0.624. The van der Waals surface area contributed by atoms with Crippen LogP contribution in [0.1, 0.15) is 10.8 Å². The maximum Gasteiger partial charge on any atom is 0.471 e. The third-order valence-corrected chi connectivity index (χ3v) is 3.30. The number of nitrogens with zero attached hydrogens (tertiary/aromatic N) is 2. The largest absolute Gasteiger partial charge is 0.471 e. The number of aromatic nitrogens is 2. The topological polar surface area (TPSA) is 38.9 Å². The normalized spacial score (nSPS) is 12.1. The zero-order valence-corrected chi connectivity index (χ0v) is 9.46. The molecule has 3 nitrogen and oxygen atoms in total. The fraction of sp³-hybridized carbons (Fsp3) is 0.250. The summed E-state index contributed by atoms with van der Waals surface area (Å²) in [5.74, 6) is -2.44. The number of thiophene rings is 1. The second kappa shape index (κ2) is 4.26. The highest BCUT2D eigenvalue weighted by molar-refractivity contribution is 7.15. The van der Waals surface area contributed by atoms with Gasteiger partial charge >= 0.3 is 12.1 Å². The molecule has 9 heteroatoms.